The van der Waals surface area contributed by atoms with E-state index in [4.69, 9.17) is 4.74 Å². The lowest BCUT2D eigenvalue weighted by molar-refractivity contribution is 0.411. The van der Waals surface area contributed by atoms with Gasteiger partial charge in [-0.05, 0) is 37.6 Å². The van der Waals surface area contributed by atoms with Crippen molar-refractivity contribution in [1.29, 1.82) is 0 Å². The third-order valence-electron chi connectivity index (χ3n) is 2.98. The molecular formula is C14H18N2O3S2. The number of aromatic nitrogens is 1. The van der Waals surface area contributed by atoms with E-state index in [0.29, 0.717) is 18.7 Å². The van der Waals surface area contributed by atoms with E-state index in [1.807, 2.05) is 13.8 Å². The van der Waals surface area contributed by atoms with Crippen LogP contribution in [0.4, 0.5) is 0 Å². The molecule has 21 heavy (non-hydrogen) atoms. The second-order valence-corrected chi connectivity index (χ2v) is 7.73. The predicted molar refractivity (Wildman–Crippen MR) is 83.5 cm³/mol. The van der Waals surface area contributed by atoms with E-state index in [0.717, 1.165) is 15.4 Å². The summed E-state index contributed by atoms with van der Waals surface area (Å²) in [5, 5.41) is 0.932. The van der Waals surface area contributed by atoms with E-state index < -0.39 is 10.0 Å². The molecule has 0 atom stereocenters. The van der Waals surface area contributed by atoms with Crippen molar-refractivity contribution in [3.05, 3.63) is 39.8 Å². The molecule has 0 fully saturated rings. The highest BCUT2D eigenvalue weighted by Crippen LogP contribution is 2.21. The van der Waals surface area contributed by atoms with Gasteiger partial charge in [0.2, 0.25) is 10.0 Å². The minimum absolute atomic E-state index is 0.246. The minimum Gasteiger partial charge on any atom is -0.496 e. The lowest BCUT2D eigenvalue weighted by atomic mass is 10.2. The van der Waals surface area contributed by atoms with E-state index >= 15 is 0 Å². The molecule has 1 aromatic heterocycles. The fraction of sp³-hybridized carbons (Fsp3) is 0.357. The molecule has 0 amide bonds. The summed E-state index contributed by atoms with van der Waals surface area (Å²) < 4.78 is 32.1. The first-order valence-corrected chi connectivity index (χ1v) is 8.78. The monoisotopic (exact) mass is 326 g/mol. The zero-order valence-corrected chi connectivity index (χ0v) is 13.8. The van der Waals surface area contributed by atoms with Crippen LogP contribution in [-0.4, -0.2) is 27.1 Å². The van der Waals surface area contributed by atoms with E-state index in [1.54, 1.807) is 42.8 Å². The summed E-state index contributed by atoms with van der Waals surface area (Å²) in [5.74, 6) is 0.673. The molecule has 0 saturated heterocycles. The van der Waals surface area contributed by atoms with Crippen LogP contribution in [0.3, 0.4) is 0 Å². The van der Waals surface area contributed by atoms with Crippen LogP contribution in [0, 0.1) is 13.8 Å². The van der Waals surface area contributed by atoms with Crippen LogP contribution < -0.4 is 9.46 Å². The van der Waals surface area contributed by atoms with Crippen molar-refractivity contribution in [2.45, 2.75) is 25.2 Å². The van der Waals surface area contributed by atoms with E-state index in [-0.39, 0.29) is 4.90 Å². The van der Waals surface area contributed by atoms with E-state index in [2.05, 4.69) is 9.71 Å². The van der Waals surface area contributed by atoms with Gasteiger partial charge in [-0.2, -0.15) is 0 Å². The molecule has 0 unspecified atom stereocenters. The zero-order chi connectivity index (χ0) is 15.5. The van der Waals surface area contributed by atoms with Crippen LogP contribution >= 0.6 is 11.3 Å². The van der Waals surface area contributed by atoms with E-state index in [1.165, 1.54) is 0 Å². The first-order valence-electron chi connectivity index (χ1n) is 6.48. The van der Waals surface area contributed by atoms with Crippen LogP contribution in [0.5, 0.6) is 5.75 Å². The molecule has 1 aromatic carbocycles. The van der Waals surface area contributed by atoms with Gasteiger partial charge >= 0.3 is 0 Å². The molecule has 2 aromatic rings. The highest BCUT2D eigenvalue weighted by atomic mass is 32.2. The van der Waals surface area contributed by atoms with Crippen molar-refractivity contribution in [3.63, 3.8) is 0 Å². The molecule has 0 saturated carbocycles. The summed E-state index contributed by atoms with van der Waals surface area (Å²) in [4.78, 5) is 5.58. The molecule has 2 rings (SSSR count). The van der Waals surface area contributed by atoms with Gasteiger partial charge in [-0.3, -0.25) is 0 Å². The summed E-state index contributed by atoms with van der Waals surface area (Å²) in [7, 11) is -1.94. The van der Waals surface area contributed by atoms with Crippen LogP contribution in [-0.2, 0) is 16.4 Å². The van der Waals surface area contributed by atoms with Gasteiger partial charge < -0.3 is 4.74 Å². The Hall–Kier alpha value is -1.44. The normalized spacial score (nSPS) is 11.6. The SMILES string of the molecule is COc1ccc(S(=O)(=O)NCCc2ncc(C)s2)cc1C. The molecule has 0 radical (unpaired) electrons. The van der Waals surface area contributed by atoms with E-state index in [9.17, 15) is 8.42 Å². The third-order valence-corrected chi connectivity index (χ3v) is 5.41. The number of rotatable bonds is 6. The fourth-order valence-electron chi connectivity index (χ4n) is 1.91. The first kappa shape index (κ1) is 15.9. The molecule has 0 aliphatic carbocycles. The second kappa shape index (κ2) is 6.55. The number of nitrogens with one attached hydrogen (secondary N) is 1. The number of benzene rings is 1. The number of sulfonamides is 1. The quantitative estimate of drug-likeness (QED) is 0.884. The maximum Gasteiger partial charge on any atom is 0.240 e. The molecule has 0 aliphatic rings. The van der Waals surface area contributed by atoms with Crippen LogP contribution in [0.25, 0.3) is 0 Å². The molecular weight excluding hydrogens is 308 g/mol. The highest BCUT2D eigenvalue weighted by molar-refractivity contribution is 7.89. The molecule has 0 bridgehead atoms. The topological polar surface area (TPSA) is 68.3 Å². The van der Waals surface area contributed by atoms with Gasteiger partial charge in [-0.25, -0.2) is 18.1 Å². The smallest absolute Gasteiger partial charge is 0.240 e. The Labute approximate surface area is 129 Å². The number of methoxy groups -OCH3 is 1. The van der Waals surface area contributed by atoms with Crippen molar-refractivity contribution >= 4 is 21.4 Å². The number of hydrogen-bond acceptors (Lipinski definition) is 5. The fourth-order valence-corrected chi connectivity index (χ4v) is 3.81. The summed E-state index contributed by atoms with van der Waals surface area (Å²) in [6, 6.07) is 4.81. The maximum atomic E-state index is 12.2. The average Bonchev–Trinajstić information content (AvgIpc) is 2.84. The lowest BCUT2D eigenvalue weighted by Crippen LogP contribution is -2.26. The van der Waals surface area contributed by atoms with Crippen molar-refractivity contribution in [3.8, 4) is 5.75 Å². The van der Waals surface area contributed by atoms with Gasteiger partial charge in [-0.1, -0.05) is 0 Å². The zero-order valence-electron chi connectivity index (χ0n) is 12.2. The summed E-state index contributed by atoms with van der Waals surface area (Å²) in [6.07, 6.45) is 2.38. The van der Waals surface area contributed by atoms with Crippen LogP contribution in [0.15, 0.2) is 29.3 Å². The van der Waals surface area contributed by atoms with Gasteiger partial charge in [0.05, 0.1) is 17.0 Å². The molecule has 0 aliphatic heterocycles. The number of hydrogen-bond donors (Lipinski definition) is 1. The molecule has 0 spiro atoms. The highest BCUT2D eigenvalue weighted by Gasteiger charge is 2.15. The third kappa shape index (κ3) is 4.03. The van der Waals surface area contributed by atoms with Crippen molar-refractivity contribution in [1.82, 2.24) is 9.71 Å². The summed E-state index contributed by atoms with van der Waals surface area (Å²) >= 11 is 1.58. The molecule has 5 nitrogen and oxygen atoms in total. The van der Waals surface area contributed by atoms with Gasteiger partial charge in [0.1, 0.15) is 5.75 Å². The Morgan fingerprint density at radius 1 is 1.33 bits per heavy atom. The minimum atomic E-state index is -3.50. The molecule has 7 heteroatoms. The standard InChI is InChI=1S/C14H18N2O3S2/c1-10-8-12(4-5-13(10)19-3)21(17,18)16-7-6-14-15-9-11(2)20-14/h4-5,8-9,16H,6-7H2,1-3H3. The average molecular weight is 326 g/mol. The van der Waals surface area contributed by atoms with Gasteiger partial charge in [0, 0.05) is 24.0 Å². The Morgan fingerprint density at radius 3 is 2.67 bits per heavy atom. The molecule has 114 valence electrons. The molecule has 1 heterocycles. The number of thiazole rings is 1. The molecule has 1 N–H and O–H groups in total. The Bertz CT molecular complexity index is 724. The number of aryl methyl sites for hydroxylation is 2. The Balaban J connectivity index is 2.02. The maximum absolute atomic E-state index is 12.2. The number of ether oxygens (including phenoxy) is 1. The van der Waals surface area contributed by atoms with Gasteiger partial charge in [-0.15, -0.1) is 11.3 Å². The van der Waals surface area contributed by atoms with Crippen molar-refractivity contribution < 1.29 is 13.2 Å². The summed E-state index contributed by atoms with van der Waals surface area (Å²) in [5.41, 5.74) is 0.788. The first-order chi connectivity index (χ1) is 9.92. The van der Waals surface area contributed by atoms with Crippen LogP contribution in [0.2, 0.25) is 0 Å². The summed E-state index contributed by atoms with van der Waals surface area (Å²) in [6.45, 7) is 4.13. The lowest BCUT2D eigenvalue weighted by Gasteiger charge is -2.09. The van der Waals surface area contributed by atoms with Crippen molar-refractivity contribution in [2.75, 3.05) is 13.7 Å². The number of nitrogens with zero attached hydrogens (tertiary/aromatic N) is 1. The predicted octanol–water partition coefficient (Wildman–Crippen LogP) is 2.29. The van der Waals surface area contributed by atoms with Gasteiger partial charge in [0.15, 0.2) is 0 Å². The van der Waals surface area contributed by atoms with Crippen molar-refractivity contribution in [2.24, 2.45) is 0 Å². The Kier molecular flexibility index (Phi) is 4.97. The largest absolute Gasteiger partial charge is 0.496 e. The Morgan fingerprint density at radius 2 is 2.10 bits per heavy atom. The van der Waals surface area contributed by atoms with Crippen LogP contribution in [0.1, 0.15) is 15.4 Å². The van der Waals surface area contributed by atoms with Gasteiger partial charge in [0.25, 0.3) is 0 Å². The second-order valence-electron chi connectivity index (χ2n) is 4.64.